The van der Waals surface area contributed by atoms with Crippen LogP contribution in [0.1, 0.15) is 32.6 Å². The van der Waals surface area contributed by atoms with Crippen LogP contribution in [-0.2, 0) is 10.0 Å². The molecule has 0 spiro atoms. The molecule has 4 nitrogen and oxygen atoms in total. The number of rotatable bonds is 4. The van der Waals surface area contributed by atoms with E-state index in [1.54, 1.807) is 0 Å². The van der Waals surface area contributed by atoms with Crippen LogP contribution in [0.2, 0.25) is 0 Å². The van der Waals surface area contributed by atoms with Crippen molar-refractivity contribution >= 4 is 10.0 Å². The third-order valence-electron chi connectivity index (χ3n) is 4.23. The van der Waals surface area contributed by atoms with Crippen molar-refractivity contribution in [3.63, 3.8) is 0 Å². The van der Waals surface area contributed by atoms with Crippen LogP contribution in [-0.4, -0.2) is 32.2 Å². The summed E-state index contributed by atoms with van der Waals surface area (Å²) in [7, 11) is -2.63. The number of hydrogen-bond donors (Lipinski definition) is 0. The molecule has 8 heteroatoms. The predicted octanol–water partition coefficient (Wildman–Crippen LogP) is 3.78. The van der Waals surface area contributed by atoms with Crippen molar-refractivity contribution in [2.24, 2.45) is 5.92 Å². The molecule has 0 heterocycles. The summed E-state index contributed by atoms with van der Waals surface area (Å²) in [6, 6.07) is 4.64. The molecule has 0 aromatic heterocycles. The number of hydrogen-bond acceptors (Lipinski definition) is 3. The summed E-state index contributed by atoms with van der Waals surface area (Å²) >= 11 is 0. The lowest BCUT2D eigenvalue weighted by molar-refractivity contribution is -0.275. The van der Waals surface area contributed by atoms with Gasteiger partial charge in [-0.05, 0) is 43.7 Å². The minimum absolute atomic E-state index is 0.199. The first-order valence-electron chi connectivity index (χ1n) is 7.44. The first kappa shape index (κ1) is 18.1. The van der Waals surface area contributed by atoms with Crippen molar-refractivity contribution in [1.82, 2.24) is 4.31 Å². The van der Waals surface area contributed by atoms with Crippen LogP contribution < -0.4 is 4.74 Å². The summed E-state index contributed by atoms with van der Waals surface area (Å²) in [5.41, 5.74) is 0. The molecular weight excluding hydrogens is 331 g/mol. The molecule has 1 aromatic carbocycles. The molecule has 1 aliphatic rings. The average molecular weight is 351 g/mol. The number of sulfonamides is 1. The minimum Gasteiger partial charge on any atom is -0.404 e. The van der Waals surface area contributed by atoms with Gasteiger partial charge in [-0.3, -0.25) is 0 Å². The summed E-state index contributed by atoms with van der Waals surface area (Å²) in [5.74, 6) is -0.153. The van der Waals surface area contributed by atoms with E-state index >= 15 is 0 Å². The van der Waals surface area contributed by atoms with Gasteiger partial charge in [-0.2, -0.15) is 4.31 Å². The van der Waals surface area contributed by atoms with Crippen molar-refractivity contribution in [1.29, 1.82) is 0 Å². The number of para-hydroxylation sites is 1. The lowest BCUT2D eigenvalue weighted by atomic mass is 9.87. The normalized spacial score (nSPS) is 23.0. The monoisotopic (exact) mass is 351 g/mol. The van der Waals surface area contributed by atoms with Gasteiger partial charge in [0.1, 0.15) is 10.6 Å². The van der Waals surface area contributed by atoms with Crippen molar-refractivity contribution in [2.45, 2.75) is 49.9 Å². The van der Waals surface area contributed by atoms with Gasteiger partial charge in [0.15, 0.2) is 0 Å². The van der Waals surface area contributed by atoms with Crippen LogP contribution in [0.4, 0.5) is 13.2 Å². The van der Waals surface area contributed by atoms with Crippen LogP contribution >= 0.6 is 0 Å². The van der Waals surface area contributed by atoms with Crippen LogP contribution in [0, 0.1) is 5.92 Å². The average Bonchev–Trinajstić information content (AvgIpc) is 2.46. The highest BCUT2D eigenvalue weighted by Crippen LogP contribution is 2.34. The van der Waals surface area contributed by atoms with Crippen LogP contribution in [0.5, 0.6) is 5.75 Å². The van der Waals surface area contributed by atoms with E-state index in [0.29, 0.717) is 18.8 Å². The van der Waals surface area contributed by atoms with Gasteiger partial charge >= 0.3 is 6.36 Å². The summed E-state index contributed by atoms with van der Waals surface area (Å²) < 4.78 is 67.9. The topological polar surface area (TPSA) is 46.6 Å². The molecule has 23 heavy (non-hydrogen) atoms. The molecule has 0 radical (unpaired) electrons. The van der Waals surface area contributed by atoms with E-state index in [0.717, 1.165) is 25.0 Å². The second-order valence-corrected chi connectivity index (χ2v) is 7.90. The molecule has 0 bridgehead atoms. The van der Waals surface area contributed by atoms with Gasteiger partial charge in [0.2, 0.25) is 10.0 Å². The van der Waals surface area contributed by atoms with Crippen molar-refractivity contribution in [3.05, 3.63) is 24.3 Å². The zero-order valence-electron chi connectivity index (χ0n) is 13.0. The van der Waals surface area contributed by atoms with E-state index < -0.39 is 27.0 Å². The molecule has 1 saturated carbocycles. The predicted molar refractivity (Wildman–Crippen MR) is 79.5 cm³/mol. The van der Waals surface area contributed by atoms with E-state index in [9.17, 15) is 21.6 Å². The molecule has 0 N–H and O–H groups in total. The molecule has 1 aromatic rings. The largest absolute Gasteiger partial charge is 0.573 e. The molecule has 0 unspecified atom stereocenters. The van der Waals surface area contributed by atoms with E-state index in [4.69, 9.17) is 0 Å². The number of ether oxygens (including phenoxy) is 1. The van der Waals surface area contributed by atoms with E-state index in [1.165, 1.54) is 23.5 Å². The van der Waals surface area contributed by atoms with Gasteiger partial charge in [0.25, 0.3) is 0 Å². The molecule has 1 fully saturated rings. The standard InChI is InChI=1S/C15H20F3NO3S/c1-11-7-9-12(10-8-11)19(2)23(20,21)14-6-4-3-5-13(14)22-15(16,17)18/h3-6,11-12H,7-10H2,1-2H3. The second kappa shape index (κ2) is 6.68. The molecular formula is C15H20F3NO3S. The highest BCUT2D eigenvalue weighted by atomic mass is 32.2. The van der Waals surface area contributed by atoms with Crippen LogP contribution in [0.15, 0.2) is 29.2 Å². The first-order chi connectivity index (χ1) is 10.6. The Balaban J connectivity index is 2.29. The summed E-state index contributed by atoms with van der Waals surface area (Å²) in [6.45, 7) is 2.11. The first-order valence-corrected chi connectivity index (χ1v) is 8.88. The maximum atomic E-state index is 12.7. The Morgan fingerprint density at radius 2 is 1.70 bits per heavy atom. The number of nitrogens with zero attached hydrogens (tertiary/aromatic N) is 1. The summed E-state index contributed by atoms with van der Waals surface area (Å²) in [6.07, 6.45) is -1.71. The van der Waals surface area contributed by atoms with Gasteiger partial charge in [0.05, 0.1) is 0 Å². The Morgan fingerprint density at radius 1 is 1.13 bits per heavy atom. The Morgan fingerprint density at radius 3 is 2.26 bits per heavy atom. The molecule has 1 aliphatic carbocycles. The molecule has 0 atom stereocenters. The van der Waals surface area contributed by atoms with Crippen molar-refractivity contribution in [2.75, 3.05) is 7.05 Å². The fourth-order valence-corrected chi connectivity index (χ4v) is 4.36. The molecule has 0 saturated heterocycles. The highest BCUT2D eigenvalue weighted by Gasteiger charge is 2.36. The summed E-state index contributed by atoms with van der Waals surface area (Å²) in [5, 5.41) is 0. The zero-order chi connectivity index (χ0) is 17.3. The Bertz CT molecular complexity index is 638. The van der Waals surface area contributed by atoms with Gasteiger partial charge < -0.3 is 4.74 Å². The van der Waals surface area contributed by atoms with Crippen molar-refractivity contribution < 1.29 is 26.3 Å². The van der Waals surface area contributed by atoms with Crippen LogP contribution in [0.25, 0.3) is 0 Å². The molecule has 130 valence electrons. The summed E-state index contributed by atoms with van der Waals surface area (Å²) in [4.78, 5) is -0.460. The fraction of sp³-hybridized carbons (Fsp3) is 0.600. The van der Waals surface area contributed by atoms with Gasteiger partial charge in [0, 0.05) is 13.1 Å². The minimum atomic E-state index is -4.94. The van der Waals surface area contributed by atoms with Gasteiger partial charge in [-0.25, -0.2) is 8.42 Å². The third kappa shape index (κ3) is 4.38. The lowest BCUT2D eigenvalue weighted by Crippen LogP contribution is -2.39. The number of alkyl halides is 3. The van der Waals surface area contributed by atoms with Crippen LogP contribution in [0.3, 0.4) is 0 Å². The molecule has 0 aliphatic heterocycles. The second-order valence-electron chi connectivity index (χ2n) is 5.93. The molecule has 2 rings (SSSR count). The lowest BCUT2D eigenvalue weighted by Gasteiger charge is -2.33. The fourth-order valence-electron chi connectivity index (χ4n) is 2.83. The Hall–Kier alpha value is -1.28. The highest BCUT2D eigenvalue weighted by molar-refractivity contribution is 7.89. The SMILES string of the molecule is CC1CCC(N(C)S(=O)(=O)c2ccccc2OC(F)(F)F)CC1. The maximum absolute atomic E-state index is 12.7. The maximum Gasteiger partial charge on any atom is 0.573 e. The van der Waals surface area contributed by atoms with E-state index in [-0.39, 0.29) is 6.04 Å². The number of benzene rings is 1. The van der Waals surface area contributed by atoms with E-state index in [2.05, 4.69) is 11.7 Å². The van der Waals surface area contributed by atoms with Gasteiger partial charge in [-0.15, -0.1) is 13.2 Å². The van der Waals surface area contributed by atoms with Gasteiger partial charge in [-0.1, -0.05) is 19.1 Å². The third-order valence-corrected chi connectivity index (χ3v) is 6.18. The van der Waals surface area contributed by atoms with E-state index in [1.807, 2.05) is 0 Å². The Labute approximate surface area is 134 Å². The Kier molecular flexibility index (Phi) is 5.25. The van der Waals surface area contributed by atoms with Crippen molar-refractivity contribution in [3.8, 4) is 5.75 Å². The quantitative estimate of drug-likeness (QED) is 0.829. The molecule has 0 amide bonds. The smallest absolute Gasteiger partial charge is 0.404 e. The zero-order valence-corrected chi connectivity index (χ0v) is 13.8. The number of halogens is 3.